The summed E-state index contributed by atoms with van der Waals surface area (Å²) in [5.41, 5.74) is 0.975. The second kappa shape index (κ2) is 6.36. The van der Waals surface area contributed by atoms with Gasteiger partial charge in [0.2, 0.25) is 0 Å². The number of rotatable bonds is 3. The van der Waals surface area contributed by atoms with Gasteiger partial charge in [-0.3, -0.25) is 0 Å². The van der Waals surface area contributed by atoms with Crippen LogP contribution in [0, 0.1) is 46.3 Å². The molecule has 23 heavy (non-hydrogen) atoms. The molecule has 1 nitrogen and oxygen atoms in total. The topological polar surface area (TPSA) is 20.2 Å². The van der Waals surface area contributed by atoms with Gasteiger partial charge in [-0.1, -0.05) is 47.5 Å². The Bertz CT molecular complexity index is 418. The van der Waals surface area contributed by atoms with Crippen LogP contribution >= 0.6 is 0 Å². The standard InChI is InChI=1S/C22H40O/c1-6-19-18-8-7-17-13-15(2)9-11-22(17,5)20(18)10-12-21(19,4)16(3)14-23/h15-20,23H,6-14H2,1-5H3. The van der Waals surface area contributed by atoms with Crippen LogP contribution in [0.25, 0.3) is 0 Å². The molecule has 0 radical (unpaired) electrons. The van der Waals surface area contributed by atoms with Gasteiger partial charge in [0.25, 0.3) is 0 Å². The third kappa shape index (κ3) is 2.70. The van der Waals surface area contributed by atoms with E-state index in [0.717, 1.165) is 29.6 Å². The highest BCUT2D eigenvalue weighted by atomic mass is 16.3. The van der Waals surface area contributed by atoms with Gasteiger partial charge in [0.1, 0.15) is 0 Å². The fourth-order valence-corrected chi connectivity index (χ4v) is 7.41. The van der Waals surface area contributed by atoms with Gasteiger partial charge in [0.05, 0.1) is 0 Å². The summed E-state index contributed by atoms with van der Waals surface area (Å²) >= 11 is 0. The zero-order valence-electron chi connectivity index (χ0n) is 16.3. The second-order valence-electron chi connectivity index (χ2n) is 10.1. The largest absolute Gasteiger partial charge is 0.396 e. The first kappa shape index (κ1) is 17.8. The van der Waals surface area contributed by atoms with Crippen molar-refractivity contribution in [2.45, 2.75) is 86.0 Å². The van der Waals surface area contributed by atoms with Crippen LogP contribution < -0.4 is 0 Å². The molecule has 3 saturated carbocycles. The zero-order chi connectivity index (χ0) is 16.8. The van der Waals surface area contributed by atoms with Crippen molar-refractivity contribution in [1.82, 2.24) is 0 Å². The Balaban J connectivity index is 1.87. The number of hydrogen-bond acceptors (Lipinski definition) is 1. The summed E-state index contributed by atoms with van der Waals surface area (Å²) in [5.74, 6) is 5.09. The average Bonchev–Trinajstić information content (AvgIpc) is 2.54. The third-order valence-corrected chi connectivity index (χ3v) is 9.21. The minimum atomic E-state index is 0.357. The Morgan fingerprint density at radius 3 is 2.48 bits per heavy atom. The van der Waals surface area contributed by atoms with Crippen LogP contribution in [0.5, 0.6) is 0 Å². The molecule has 1 heteroatoms. The fourth-order valence-electron chi connectivity index (χ4n) is 7.41. The van der Waals surface area contributed by atoms with E-state index in [1.165, 1.54) is 51.4 Å². The molecule has 0 spiro atoms. The van der Waals surface area contributed by atoms with Crippen LogP contribution in [0.15, 0.2) is 0 Å². The van der Waals surface area contributed by atoms with Gasteiger partial charge < -0.3 is 5.11 Å². The number of fused-ring (bicyclic) bond motifs is 3. The molecular formula is C22H40O. The Morgan fingerprint density at radius 1 is 1.09 bits per heavy atom. The SMILES string of the molecule is CCC1C2CCC3CC(C)CCC3(C)C2CCC1(C)C(C)CO. The maximum atomic E-state index is 9.83. The van der Waals surface area contributed by atoms with E-state index in [1.54, 1.807) is 0 Å². The lowest BCUT2D eigenvalue weighted by atomic mass is 9.43. The predicted octanol–water partition coefficient (Wildman–Crippen LogP) is 5.91. The number of aliphatic hydroxyl groups is 1. The molecule has 0 amide bonds. The van der Waals surface area contributed by atoms with Crippen molar-refractivity contribution in [3.8, 4) is 0 Å². The van der Waals surface area contributed by atoms with Crippen LogP contribution in [0.1, 0.15) is 86.0 Å². The summed E-state index contributed by atoms with van der Waals surface area (Å²) in [6, 6.07) is 0. The predicted molar refractivity (Wildman–Crippen MR) is 98.2 cm³/mol. The molecule has 134 valence electrons. The van der Waals surface area contributed by atoms with Crippen molar-refractivity contribution >= 4 is 0 Å². The van der Waals surface area contributed by atoms with E-state index in [4.69, 9.17) is 0 Å². The minimum absolute atomic E-state index is 0.357. The molecule has 0 aromatic carbocycles. The minimum Gasteiger partial charge on any atom is -0.396 e. The molecule has 0 aromatic rings. The van der Waals surface area contributed by atoms with Crippen molar-refractivity contribution in [2.75, 3.05) is 6.61 Å². The lowest BCUT2D eigenvalue weighted by Crippen LogP contribution is -2.55. The van der Waals surface area contributed by atoms with E-state index in [9.17, 15) is 5.11 Å². The maximum Gasteiger partial charge on any atom is 0.0461 e. The highest BCUT2D eigenvalue weighted by molar-refractivity contribution is 5.06. The lowest BCUT2D eigenvalue weighted by molar-refractivity contribution is -0.135. The van der Waals surface area contributed by atoms with Crippen molar-refractivity contribution < 1.29 is 5.11 Å². The Kier molecular flexibility index (Phi) is 4.91. The van der Waals surface area contributed by atoms with E-state index < -0.39 is 0 Å². The Labute approximate surface area is 144 Å². The molecule has 0 aromatic heterocycles. The highest BCUT2D eigenvalue weighted by Crippen LogP contribution is 2.65. The smallest absolute Gasteiger partial charge is 0.0461 e. The normalized spacial score (nSPS) is 51.7. The summed E-state index contributed by atoms with van der Waals surface area (Å²) in [5, 5.41) is 9.83. The molecule has 3 fully saturated rings. The summed E-state index contributed by atoms with van der Waals surface area (Å²) < 4.78 is 0. The van der Waals surface area contributed by atoms with E-state index in [1.807, 2.05) is 0 Å². The first-order valence-electron chi connectivity index (χ1n) is 10.5. The van der Waals surface area contributed by atoms with Crippen molar-refractivity contribution in [3.63, 3.8) is 0 Å². The van der Waals surface area contributed by atoms with Gasteiger partial charge in [-0.25, -0.2) is 0 Å². The van der Waals surface area contributed by atoms with Crippen LogP contribution in [0.2, 0.25) is 0 Å². The Hall–Kier alpha value is -0.0400. The van der Waals surface area contributed by atoms with Gasteiger partial charge in [0.15, 0.2) is 0 Å². The average molecular weight is 321 g/mol. The van der Waals surface area contributed by atoms with E-state index in [2.05, 4.69) is 34.6 Å². The quantitative estimate of drug-likeness (QED) is 0.685. The lowest BCUT2D eigenvalue weighted by Gasteiger charge is -2.62. The zero-order valence-corrected chi connectivity index (χ0v) is 16.3. The molecule has 3 rings (SSSR count). The number of aliphatic hydroxyl groups excluding tert-OH is 1. The third-order valence-electron chi connectivity index (χ3n) is 9.21. The highest BCUT2D eigenvalue weighted by Gasteiger charge is 2.56. The molecule has 8 unspecified atom stereocenters. The van der Waals surface area contributed by atoms with Gasteiger partial charge in [-0.15, -0.1) is 0 Å². The van der Waals surface area contributed by atoms with Crippen LogP contribution in [-0.4, -0.2) is 11.7 Å². The maximum absolute atomic E-state index is 9.83. The van der Waals surface area contributed by atoms with E-state index in [0.29, 0.717) is 23.4 Å². The number of hydrogen-bond donors (Lipinski definition) is 1. The molecule has 0 aliphatic heterocycles. The first-order chi connectivity index (χ1) is 10.9. The van der Waals surface area contributed by atoms with Crippen LogP contribution in [0.3, 0.4) is 0 Å². The van der Waals surface area contributed by atoms with Crippen molar-refractivity contribution in [1.29, 1.82) is 0 Å². The molecule has 3 aliphatic rings. The molecular weight excluding hydrogens is 280 g/mol. The van der Waals surface area contributed by atoms with Crippen LogP contribution in [0.4, 0.5) is 0 Å². The van der Waals surface area contributed by atoms with Crippen molar-refractivity contribution in [3.05, 3.63) is 0 Å². The van der Waals surface area contributed by atoms with E-state index >= 15 is 0 Å². The van der Waals surface area contributed by atoms with Crippen molar-refractivity contribution in [2.24, 2.45) is 46.3 Å². The van der Waals surface area contributed by atoms with Gasteiger partial charge in [-0.05, 0) is 84.9 Å². The molecule has 0 bridgehead atoms. The monoisotopic (exact) mass is 320 g/mol. The van der Waals surface area contributed by atoms with Gasteiger partial charge in [-0.2, -0.15) is 0 Å². The molecule has 3 aliphatic carbocycles. The molecule has 8 atom stereocenters. The fraction of sp³-hybridized carbons (Fsp3) is 1.00. The Morgan fingerprint density at radius 2 is 1.83 bits per heavy atom. The summed E-state index contributed by atoms with van der Waals surface area (Å²) in [4.78, 5) is 0. The second-order valence-corrected chi connectivity index (χ2v) is 10.1. The molecule has 1 N–H and O–H groups in total. The first-order valence-corrected chi connectivity index (χ1v) is 10.5. The van der Waals surface area contributed by atoms with Crippen LogP contribution in [-0.2, 0) is 0 Å². The molecule has 0 saturated heterocycles. The summed E-state index contributed by atoms with van der Waals surface area (Å²) in [6.07, 6.45) is 11.4. The van der Waals surface area contributed by atoms with E-state index in [-0.39, 0.29) is 0 Å². The van der Waals surface area contributed by atoms with Gasteiger partial charge in [0, 0.05) is 6.61 Å². The molecule has 0 heterocycles. The van der Waals surface area contributed by atoms with Gasteiger partial charge >= 0.3 is 0 Å². The summed E-state index contributed by atoms with van der Waals surface area (Å²) in [7, 11) is 0. The summed E-state index contributed by atoms with van der Waals surface area (Å²) in [6.45, 7) is 12.7.